The summed E-state index contributed by atoms with van der Waals surface area (Å²) < 4.78 is 0. The first kappa shape index (κ1) is 16.6. The van der Waals surface area contributed by atoms with Crippen LogP contribution in [0.2, 0.25) is 0 Å². The van der Waals surface area contributed by atoms with Crippen LogP contribution in [0.4, 0.5) is 10.5 Å². The minimum absolute atomic E-state index is 0.133. The van der Waals surface area contributed by atoms with Crippen LogP contribution in [-0.4, -0.2) is 23.0 Å². The Balaban J connectivity index is 1.71. The molecule has 2 amide bonds. The summed E-state index contributed by atoms with van der Waals surface area (Å²) in [5, 5.41) is 17.5. The van der Waals surface area contributed by atoms with Crippen molar-refractivity contribution in [3.8, 4) is 0 Å². The van der Waals surface area contributed by atoms with Crippen LogP contribution in [0.1, 0.15) is 11.1 Å². The van der Waals surface area contributed by atoms with E-state index in [0.717, 1.165) is 22.0 Å². The lowest BCUT2D eigenvalue weighted by molar-refractivity contribution is -0.308. The number of hydrogen-bond acceptors (Lipinski definition) is 3. The molecule has 0 bridgehead atoms. The molecule has 128 valence electrons. The van der Waals surface area contributed by atoms with E-state index in [2.05, 4.69) is 15.6 Å². The van der Waals surface area contributed by atoms with Crippen LogP contribution in [0, 0.1) is 6.92 Å². The second kappa shape index (κ2) is 7.09. The van der Waals surface area contributed by atoms with Gasteiger partial charge in [0.25, 0.3) is 0 Å². The lowest BCUT2D eigenvalue weighted by Crippen LogP contribution is -2.50. The van der Waals surface area contributed by atoms with Crippen LogP contribution < -0.4 is 15.7 Å². The number of carbonyl (C=O) groups is 2. The fourth-order valence-electron chi connectivity index (χ4n) is 2.76. The van der Waals surface area contributed by atoms with Crippen molar-refractivity contribution >= 4 is 28.6 Å². The van der Waals surface area contributed by atoms with Crippen LogP contribution in [0.3, 0.4) is 0 Å². The molecule has 0 fully saturated rings. The molecule has 0 saturated heterocycles. The minimum Gasteiger partial charge on any atom is -0.548 e. The fourth-order valence-corrected chi connectivity index (χ4v) is 2.76. The number of hydrogen-bond donors (Lipinski definition) is 3. The molecule has 0 aliphatic rings. The van der Waals surface area contributed by atoms with Gasteiger partial charge in [0.2, 0.25) is 0 Å². The zero-order valence-corrected chi connectivity index (χ0v) is 13.7. The molecule has 2 aromatic carbocycles. The average Bonchev–Trinajstić information content (AvgIpc) is 2.97. The van der Waals surface area contributed by atoms with E-state index < -0.39 is 18.0 Å². The van der Waals surface area contributed by atoms with E-state index in [4.69, 9.17) is 0 Å². The maximum Gasteiger partial charge on any atom is 0.319 e. The molecule has 0 aliphatic heterocycles. The molecule has 0 aliphatic carbocycles. The summed E-state index contributed by atoms with van der Waals surface area (Å²) in [5.41, 5.74) is 3.31. The normalized spacial score (nSPS) is 11.9. The third-order valence-corrected chi connectivity index (χ3v) is 3.96. The van der Waals surface area contributed by atoms with Crippen LogP contribution >= 0.6 is 0 Å². The van der Waals surface area contributed by atoms with Gasteiger partial charge in [-0.1, -0.05) is 30.3 Å². The Morgan fingerprint density at radius 2 is 1.96 bits per heavy atom. The number of carboxylic acids is 1. The van der Waals surface area contributed by atoms with E-state index in [-0.39, 0.29) is 6.42 Å². The van der Waals surface area contributed by atoms with Gasteiger partial charge < -0.3 is 25.5 Å². The van der Waals surface area contributed by atoms with Gasteiger partial charge in [0.1, 0.15) is 0 Å². The maximum absolute atomic E-state index is 12.1. The molecule has 6 heteroatoms. The van der Waals surface area contributed by atoms with Crippen LogP contribution in [0.5, 0.6) is 0 Å². The van der Waals surface area contributed by atoms with Crippen molar-refractivity contribution in [3.05, 3.63) is 65.9 Å². The highest BCUT2D eigenvalue weighted by Gasteiger charge is 2.16. The first-order valence-electron chi connectivity index (χ1n) is 7.93. The molecular formula is C19H18N3O3-. The lowest BCUT2D eigenvalue weighted by Gasteiger charge is -2.20. The Bertz CT molecular complexity index is 917. The predicted octanol–water partition coefficient (Wildman–Crippen LogP) is 1.96. The van der Waals surface area contributed by atoms with Gasteiger partial charge in [-0.15, -0.1) is 0 Å². The summed E-state index contributed by atoms with van der Waals surface area (Å²) in [7, 11) is 0. The third kappa shape index (κ3) is 3.98. The van der Waals surface area contributed by atoms with E-state index in [1.165, 1.54) is 0 Å². The number of aliphatic carboxylic acids is 1. The number of carboxylic acid groups (broad SMARTS) is 1. The number of carbonyl (C=O) groups excluding carboxylic acids is 2. The van der Waals surface area contributed by atoms with Gasteiger partial charge in [0, 0.05) is 29.2 Å². The molecule has 0 saturated carbocycles. The number of fused-ring (bicyclic) bond motifs is 1. The Hall–Kier alpha value is -3.28. The SMILES string of the molecule is Cc1cccc(NC(=O)N[C@@H](Cc2c[nH]c3ccccc23)C(=O)[O-])c1. The number of aromatic amines is 1. The molecule has 0 unspecified atom stereocenters. The molecule has 25 heavy (non-hydrogen) atoms. The number of anilines is 1. The van der Waals surface area contributed by atoms with Crippen molar-refractivity contribution in [2.75, 3.05) is 5.32 Å². The zero-order valence-electron chi connectivity index (χ0n) is 13.7. The van der Waals surface area contributed by atoms with Crippen molar-refractivity contribution in [1.82, 2.24) is 10.3 Å². The second-order valence-corrected chi connectivity index (χ2v) is 5.90. The zero-order chi connectivity index (χ0) is 17.8. The van der Waals surface area contributed by atoms with Crippen molar-refractivity contribution in [3.63, 3.8) is 0 Å². The van der Waals surface area contributed by atoms with Gasteiger partial charge in [0.05, 0.1) is 12.0 Å². The molecule has 3 rings (SSSR count). The van der Waals surface area contributed by atoms with Gasteiger partial charge in [-0.25, -0.2) is 4.79 Å². The van der Waals surface area contributed by atoms with Crippen molar-refractivity contribution in [1.29, 1.82) is 0 Å². The van der Waals surface area contributed by atoms with Crippen molar-refractivity contribution < 1.29 is 14.7 Å². The van der Waals surface area contributed by atoms with Gasteiger partial charge in [-0.05, 0) is 36.2 Å². The number of aromatic nitrogens is 1. The fraction of sp³-hybridized carbons (Fsp3) is 0.158. The Labute approximate surface area is 144 Å². The summed E-state index contributed by atoms with van der Waals surface area (Å²) in [6, 6.07) is 13.1. The highest BCUT2D eigenvalue weighted by atomic mass is 16.4. The molecule has 0 spiro atoms. The second-order valence-electron chi connectivity index (χ2n) is 5.90. The van der Waals surface area contributed by atoms with Gasteiger partial charge in [-0.3, -0.25) is 0 Å². The van der Waals surface area contributed by atoms with E-state index >= 15 is 0 Å². The number of para-hydroxylation sites is 1. The van der Waals surface area contributed by atoms with E-state index in [0.29, 0.717) is 5.69 Å². The summed E-state index contributed by atoms with van der Waals surface area (Å²) in [6.45, 7) is 1.91. The molecule has 3 aromatic rings. The number of urea groups is 1. The Morgan fingerprint density at radius 1 is 1.16 bits per heavy atom. The molecule has 6 nitrogen and oxygen atoms in total. The Morgan fingerprint density at radius 3 is 2.72 bits per heavy atom. The number of rotatable bonds is 5. The molecule has 1 heterocycles. The molecule has 3 N–H and O–H groups in total. The largest absolute Gasteiger partial charge is 0.548 e. The van der Waals surface area contributed by atoms with Crippen LogP contribution in [-0.2, 0) is 11.2 Å². The van der Waals surface area contributed by atoms with Gasteiger partial charge >= 0.3 is 6.03 Å². The lowest BCUT2D eigenvalue weighted by atomic mass is 10.1. The quantitative estimate of drug-likeness (QED) is 0.664. The summed E-state index contributed by atoms with van der Waals surface area (Å²) in [5.74, 6) is -1.33. The van der Waals surface area contributed by atoms with Crippen LogP contribution in [0.15, 0.2) is 54.7 Å². The Kier molecular flexibility index (Phi) is 4.70. The highest BCUT2D eigenvalue weighted by molar-refractivity contribution is 5.92. The molecule has 1 aromatic heterocycles. The minimum atomic E-state index is -1.33. The predicted molar refractivity (Wildman–Crippen MR) is 94.1 cm³/mol. The first-order chi connectivity index (χ1) is 12.0. The monoisotopic (exact) mass is 336 g/mol. The smallest absolute Gasteiger partial charge is 0.319 e. The maximum atomic E-state index is 12.1. The van der Waals surface area contributed by atoms with Crippen LogP contribution in [0.25, 0.3) is 10.9 Å². The number of H-pyrrole nitrogens is 1. The van der Waals surface area contributed by atoms with Gasteiger partial charge in [-0.2, -0.15) is 0 Å². The molecular weight excluding hydrogens is 318 g/mol. The van der Waals surface area contributed by atoms with Gasteiger partial charge in [0.15, 0.2) is 0 Å². The summed E-state index contributed by atoms with van der Waals surface area (Å²) in [4.78, 5) is 26.6. The molecule has 1 atom stereocenters. The number of amides is 2. The average molecular weight is 336 g/mol. The van der Waals surface area contributed by atoms with Crippen molar-refractivity contribution in [2.24, 2.45) is 0 Å². The van der Waals surface area contributed by atoms with E-state index in [1.807, 2.05) is 43.3 Å². The number of aryl methyl sites for hydroxylation is 1. The summed E-state index contributed by atoms with van der Waals surface area (Å²) >= 11 is 0. The van der Waals surface area contributed by atoms with Crippen molar-refractivity contribution in [2.45, 2.75) is 19.4 Å². The highest BCUT2D eigenvalue weighted by Crippen LogP contribution is 2.19. The molecule has 0 radical (unpaired) electrons. The first-order valence-corrected chi connectivity index (χ1v) is 7.93. The standard InChI is InChI=1S/C19H19N3O3/c1-12-5-4-6-14(9-12)21-19(25)22-17(18(23)24)10-13-11-20-16-8-3-2-7-15(13)16/h2-9,11,17,20H,10H2,1H3,(H,23,24)(H2,21,22,25)/p-1/t17-/m0/s1. The number of benzene rings is 2. The number of nitrogens with one attached hydrogen (secondary N) is 3. The van der Waals surface area contributed by atoms with E-state index in [1.54, 1.807) is 18.3 Å². The topological polar surface area (TPSA) is 97.1 Å². The van der Waals surface area contributed by atoms with E-state index in [9.17, 15) is 14.7 Å². The summed E-state index contributed by atoms with van der Waals surface area (Å²) in [6.07, 6.45) is 1.88. The third-order valence-electron chi connectivity index (χ3n) is 3.96.